The second-order valence-electron chi connectivity index (χ2n) is 8.82. The number of ketones is 1. The van der Waals surface area contributed by atoms with Gasteiger partial charge < -0.3 is 31.8 Å². The van der Waals surface area contributed by atoms with E-state index in [1.165, 1.54) is 21.3 Å². The number of carbonyl (C=O) groups is 3. The number of methoxy groups -OCH3 is 2. The Morgan fingerprint density at radius 1 is 0.787 bits per heavy atom. The summed E-state index contributed by atoms with van der Waals surface area (Å²) in [4.78, 5) is 44.7. The lowest BCUT2D eigenvalue weighted by molar-refractivity contribution is -0.485. The zero-order chi connectivity index (χ0) is 35.2. The van der Waals surface area contributed by atoms with Crippen LogP contribution in [-0.2, 0) is 19.1 Å². The second kappa shape index (κ2) is 21.2. The fourth-order valence-corrected chi connectivity index (χ4v) is 2.90. The van der Waals surface area contributed by atoms with Gasteiger partial charge in [0.2, 0.25) is 5.78 Å². The Labute approximate surface area is 270 Å². The summed E-state index contributed by atoms with van der Waals surface area (Å²) in [7, 11) is 3.86. The molecule has 3 aromatic carbocycles. The van der Waals surface area contributed by atoms with Crippen molar-refractivity contribution in [1.29, 1.82) is 0 Å². The minimum Gasteiger partial charge on any atom is -0.463 e. The maximum absolute atomic E-state index is 11.3. The molecule has 0 aliphatic carbocycles. The molecule has 0 unspecified atom stereocenters. The molecule has 4 rings (SSSR count). The highest BCUT2D eigenvalue weighted by atomic mass is 16.5. The van der Waals surface area contributed by atoms with Gasteiger partial charge in [0.05, 0.1) is 19.3 Å². The predicted molar refractivity (Wildman–Crippen MR) is 175 cm³/mol. The van der Waals surface area contributed by atoms with Gasteiger partial charge in [0.1, 0.15) is 23.8 Å². The summed E-state index contributed by atoms with van der Waals surface area (Å²) >= 11 is 0. The van der Waals surface area contributed by atoms with Crippen molar-refractivity contribution in [3.63, 3.8) is 0 Å². The lowest BCUT2D eigenvalue weighted by atomic mass is 10.2. The first-order valence-electron chi connectivity index (χ1n) is 13.5. The first-order valence-corrected chi connectivity index (χ1v) is 13.5. The molecular formula is C31H37N10O6+. The molecule has 16 heteroatoms. The minimum atomic E-state index is -0.792. The molecule has 0 saturated carbocycles. The summed E-state index contributed by atoms with van der Waals surface area (Å²) in [5.74, 6) is 4.70. The molecule has 0 spiro atoms. The van der Waals surface area contributed by atoms with E-state index in [2.05, 4.69) is 40.1 Å². The Balaban J connectivity index is 0.000000327. The molecular weight excluding hydrogens is 608 g/mol. The number of hydrazone groups is 1. The van der Waals surface area contributed by atoms with E-state index in [4.69, 9.17) is 17.3 Å². The van der Waals surface area contributed by atoms with Crippen molar-refractivity contribution in [2.75, 3.05) is 21.3 Å². The number of amidine groups is 2. The molecule has 0 saturated heterocycles. The Bertz CT molecular complexity index is 1730. The van der Waals surface area contributed by atoms with Crippen molar-refractivity contribution < 1.29 is 28.6 Å². The van der Waals surface area contributed by atoms with Crippen LogP contribution < -0.4 is 22.9 Å². The average molecular weight is 646 g/mol. The first-order chi connectivity index (χ1) is 22.4. The van der Waals surface area contributed by atoms with E-state index in [9.17, 15) is 19.2 Å². The van der Waals surface area contributed by atoms with Gasteiger partial charge in [-0.2, -0.15) is 9.90 Å². The molecule has 1 amide bonds. The summed E-state index contributed by atoms with van der Waals surface area (Å²) in [6.45, 7) is 2.78. The largest absolute Gasteiger partial charge is 0.527 e. The number of H-pyrrole nitrogens is 1. The Morgan fingerprint density at radius 2 is 1.28 bits per heavy atom. The van der Waals surface area contributed by atoms with Gasteiger partial charge in [0.15, 0.2) is 5.82 Å². The maximum atomic E-state index is 11.3. The Morgan fingerprint density at radius 3 is 1.68 bits per heavy atom. The monoisotopic (exact) mass is 645 g/mol. The molecule has 0 fully saturated rings. The molecule has 0 bridgehead atoms. The van der Waals surface area contributed by atoms with E-state index in [0.29, 0.717) is 17.4 Å². The van der Waals surface area contributed by atoms with Crippen molar-refractivity contribution >= 4 is 29.5 Å². The molecule has 47 heavy (non-hydrogen) atoms. The van der Waals surface area contributed by atoms with Gasteiger partial charge in [0.25, 0.3) is 11.4 Å². The maximum Gasteiger partial charge on any atom is 0.527 e. The van der Waals surface area contributed by atoms with Crippen LogP contribution in [0.1, 0.15) is 23.7 Å². The summed E-state index contributed by atoms with van der Waals surface area (Å²) in [5.41, 5.74) is 13.7. The number of amides is 1. The van der Waals surface area contributed by atoms with Crippen molar-refractivity contribution in [2.45, 2.75) is 13.8 Å². The molecule has 7 N–H and O–H groups in total. The molecule has 16 nitrogen and oxygen atoms in total. The predicted octanol–water partition coefficient (Wildman–Crippen LogP) is 2.32. The number of aryl methyl sites for hydroxylation is 1. The fraction of sp³-hybridized carbons (Fsp3) is 0.161. The number of rotatable bonds is 5. The highest BCUT2D eigenvalue weighted by Gasteiger charge is 2.10. The summed E-state index contributed by atoms with van der Waals surface area (Å²) in [5, 5.41) is 18.3. The highest BCUT2D eigenvalue weighted by molar-refractivity contribution is 6.32. The van der Waals surface area contributed by atoms with Gasteiger partial charge >= 0.3 is 12.1 Å². The number of carbonyl (C=O) groups excluding carboxylic acids is 3. The third-order valence-electron chi connectivity index (χ3n) is 5.38. The van der Waals surface area contributed by atoms with Crippen LogP contribution in [0.2, 0.25) is 0 Å². The molecule has 0 atom stereocenters. The zero-order valence-corrected chi connectivity index (χ0v) is 26.5. The normalized spacial score (nSPS) is 10.8. The van der Waals surface area contributed by atoms with Crippen LogP contribution in [0.25, 0.3) is 11.4 Å². The number of nitrogens with one attached hydrogen (secondary N) is 1. The number of nitrogens with two attached hydrogens (primary N) is 3. The third-order valence-corrected chi connectivity index (χ3v) is 5.38. The average Bonchev–Trinajstić information content (AvgIpc) is 3.12. The van der Waals surface area contributed by atoms with Crippen LogP contribution in [0.15, 0.2) is 111 Å². The van der Waals surface area contributed by atoms with Gasteiger partial charge in [-0.1, -0.05) is 83.6 Å². The van der Waals surface area contributed by atoms with E-state index in [0.717, 1.165) is 28.3 Å². The number of esters is 1. The number of hydrogen-bond acceptors (Lipinski definition) is 11. The first kappa shape index (κ1) is 38.4. The van der Waals surface area contributed by atoms with Crippen molar-refractivity contribution in [2.24, 2.45) is 32.7 Å². The van der Waals surface area contributed by atoms with E-state index in [1.807, 2.05) is 78.9 Å². The standard InChI is InChI=1S/C10H12N4O2.C10H9N3O.C7H9N3.C4H6O3/c1-14(10(15)16-2)13-12-9(11)8-6-4-3-5-7-8;1-7-10(14)11-9(13-12-7)8-5-3-2-4-6-8;8-7(10-9)6-4-2-1-3-5-6;1-3(5)4(6)7-2/h3-7,11H,1-2H3;2-6H,1H3,(H,11,13,14);1-5H,9H2,(H2,8,10);1-2H3/p+1. The molecule has 0 aliphatic heterocycles. The summed E-state index contributed by atoms with van der Waals surface area (Å²) < 4.78 is 9.41. The van der Waals surface area contributed by atoms with Crippen molar-refractivity contribution in [3.8, 4) is 11.4 Å². The second-order valence-corrected chi connectivity index (χ2v) is 8.82. The number of Topliss-reactive ketones (excluding diaryl/α,β-unsaturated/α-hetero) is 1. The number of aromatic nitrogens is 3. The van der Waals surface area contributed by atoms with E-state index in [-0.39, 0.29) is 11.4 Å². The third kappa shape index (κ3) is 14.6. The van der Waals surface area contributed by atoms with Crippen LogP contribution in [0.4, 0.5) is 4.79 Å². The van der Waals surface area contributed by atoms with Crippen LogP contribution in [-0.4, -0.2) is 70.7 Å². The van der Waals surface area contributed by atoms with Crippen LogP contribution in [0, 0.1) is 6.92 Å². The van der Waals surface area contributed by atoms with Gasteiger partial charge in [0, 0.05) is 23.6 Å². The summed E-state index contributed by atoms with van der Waals surface area (Å²) in [6.07, 6.45) is -0.607. The lowest BCUT2D eigenvalue weighted by Gasteiger charge is -1.98. The number of benzene rings is 3. The van der Waals surface area contributed by atoms with Gasteiger partial charge in [-0.3, -0.25) is 9.59 Å². The van der Waals surface area contributed by atoms with Crippen LogP contribution in [0.3, 0.4) is 0 Å². The lowest BCUT2D eigenvalue weighted by Crippen LogP contribution is -2.16. The Kier molecular flexibility index (Phi) is 17.3. The van der Waals surface area contributed by atoms with Gasteiger partial charge in [-0.15, -0.1) is 10.2 Å². The van der Waals surface area contributed by atoms with Gasteiger partial charge in [-0.25, -0.2) is 4.79 Å². The number of aromatic amines is 1. The van der Waals surface area contributed by atoms with Crippen molar-refractivity contribution in [3.05, 3.63) is 118 Å². The van der Waals surface area contributed by atoms with E-state index < -0.39 is 17.8 Å². The molecule has 1 aromatic heterocycles. The smallest absolute Gasteiger partial charge is 0.463 e. The minimum absolute atomic E-state index is 0.196. The summed E-state index contributed by atoms with van der Waals surface area (Å²) in [6, 6.07) is 27.9. The zero-order valence-electron chi connectivity index (χ0n) is 26.5. The molecule has 4 aromatic rings. The van der Waals surface area contributed by atoms with E-state index in [1.54, 1.807) is 19.1 Å². The quantitative estimate of drug-likeness (QED) is 0.0358. The number of nitrogens with zero attached hydrogens (tertiary/aromatic N) is 6. The van der Waals surface area contributed by atoms with Crippen molar-refractivity contribution in [1.82, 2.24) is 15.2 Å². The number of ether oxygens (including phenoxy) is 2. The molecule has 1 heterocycles. The fourth-order valence-electron chi connectivity index (χ4n) is 2.90. The topological polar surface area (TPSA) is 246 Å². The number of hydrogen-bond donors (Lipinski definition) is 4. The van der Waals surface area contributed by atoms with Crippen LogP contribution >= 0.6 is 0 Å². The van der Waals surface area contributed by atoms with Gasteiger partial charge in [-0.05, 0) is 19.1 Å². The molecule has 246 valence electrons. The Hall–Kier alpha value is -6.58. The van der Waals surface area contributed by atoms with Crippen LogP contribution in [0.5, 0.6) is 0 Å². The highest BCUT2D eigenvalue weighted by Crippen LogP contribution is 2.10. The molecule has 0 radical (unpaired) electrons. The SMILES string of the molecule is COC(=O)/[N+](C)=N/N=C(/N)c1ccccc1.COC(=O)C(C)=O.Cc1nnc(-c2ccccc2)[nH]c1=O.N/N=C(/N)c1ccccc1. The molecule has 0 aliphatic rings. The van der Waals surface area contributed by atoms with E-state index >= 15 is 0 Å².